The zero-order valence-corrected chi connectivity index (χ0v) is 70.9. The fraction of sp³-hybridized carbons (Fsp3) is 0.323. The number of rotatable bonds is 40. The lowest BCUT2D eigenvalue weighted by atomic mass is 9.80. The molecule has 2 aliphatic heterocycles. The van der Waals surface area contributed by atoms with Crippen LogP contribution in [0.2, 0.25) is 0 Å². The van der Waals surface area contributed by atoms with E-state index < -0.39 is 59.6 Å². The summed E-state index contributed by atoms with van der Waals surface area (Å²) in [5.74, 6) is -0.482. The summed E-state index contributed by atoms with van der Waals surface area (Å²) >= 11 is 0. The maximum atomic E-state index is 13.8. The molecule has 0 saturated carbocycles. The van der Waals surface area contributed by atoms with Gasteiger partial charge in [-0.05, 0) is 140 Å². The van der Waals surface area contributed by atoms with Crippen LogP contribution in [0.1, 0.15) is 179 Å². The zero-order valence-electron chi connectivity index (χ0n) is 71.9. The van der Waals surface area contributed by atoms with Crippen LogP contribution in [0.25, 0.3) is 0 Å². The third-order valence-electron chi connectivity index (χ3n) is 20.2. The van der Waals surface area contributed by atoms with Crippen LogP contribution in [0.3, 0.4) is 0 Å². The highest BCUT2D eigenvalue weighted by Gasteiger charge is 2.66. The van der Waals surface area contributed by atoms with Gasteiger partial charge in [0.25, 0.3) is 5.91 Å². The Balaban J connectivity index is 0.000000267. The number of ether oxygens (including phenoxy) is 3. The van der Waals surface area contributed by atoms with Gasteiger partial charge >= 0.3 is 35.9 Å². The first-order valence-corrected chi connectivity index (χ1v) is 41.5. The van der Waals surface area contributed by atoms with Crippen LogP contribution in [-0.4, -0.2) is 104 Å². The lowest BCUT2D eigenvalue weighted by molar-refractivity contribution is -0.192. The first-order valence-electron chi connectivity index (χ1n) is 42.2. The number of unbranched alkanes of at least 4 members (excludes halogenated alkanes) is 6. The maximum Gasteiger partial charge on any atom is 0.442 e. The number of alkyl carbamates (subject to hydrolysis) is 1. The van der Waals surface area contributed by atoms with Crippen LogP contribution in [0.4, 0.5) is 46.9 Å². The van der Waals surface area contributed by atoms with Crippen molar-refractivity contribution in [3.8, 4) is 0 Å². The number of benzene rings is 10. The van der Waals surface area contributed by atoms with Gasteiger partial charge in [0.2, 0.25) is 11.8 Å². The van der Waals surface area contributed by atoms with E-state index in [4.69, 9.17) is 25.2 Å². The largest absolute Gasteiger partial charge is 0.444 e. The predicted molar refractivity (Wildman–Crippen MR) is 467 cm³/mol. The Hall–Kier alpha value is -12.8. The minimum atomic E-state index is -4.67. The summed E-state index contributed by atoms with van der Waals surface area (Å²) in [5, 5.41) is 24.4. The van der Waals surface area contributed by atoms with E-state index in [2.05, 4.69) is 85.0 Å². The van der Waals surface area contributed by atoms with Gasteiger partial charge in [-0.25, -0.2) is 4.79 Å². The van der Waals surface area contributed by atoms with E-state index in [9.17, 15) is 59.5 Å². The van der Waals surface area contributed by atoms with Gasteiger partial charge in [-0.3, -0.25) is 28.4 Å². The molecule has 10 aromatic rings. The smallest absolute Gasteiger partial charge is 0.442 e. The SMILES string of the molecule is CC(C)(C)OC(=O)NCCN(Cc1ccc(C2(C(F)(F)F)N=N2)cc1)C(=O)c1ccc(NC(=O)CCCCCCC(=O)COC(c2ccccc2)(c2ccccc2)c2ccccc2)cc1.CCCNCc1ccc(C2(C(F)(F)F)N=N2)cc1.O=C(CCCCCCC(=O)Nc1ccccc1)COC(c1ccccc1)(c1ccccc1)c1ccccc1.O=C=O.[2H]CF. The van der Waals surface area contributed by atoms with Gasteiger partial charge in [0.05, 0.1) is 8.52 Å². The second-order valence-electron chi connectivity index (χ2n) is 30.6. The molecule has 0 aliphatic carbocycles. The fourth-order valence-electron chi connectivity index (χ4n) is 13.9. The van der Waals surface area contributed by atoms with Crippen molar-refractivity contribution in [3.05, 3.63) is 346 Å². The molecule has 2 aliphatic rings. The lowest BCUT2D eigenvalue weighted by Crippen LogP contribution is -2.40. The van der Waals surface area contributed by atoms with Crippen molar-refractivity contribution >= 4 is 52.9 Å². The van der Waals surface area contributed by atoms with Crippen LogP contribution < -0.4 is 21.3 Å². The summed E-state index contributed by atoms with van der Waals surface area (Å²) in [4.78, 5) is 94.9. The van der Waals surface area contributed by atoms with E-state index in [1.54, 1.807) is 57.2 Å². The number of carbonyl (C=O) groups excluding carboxylic acids is 8. The third kappa shape index (κ3) is 29.2. The quantitative estimate of drug-likeness (QED) is 0.0159. The summed E-state index contributed by atoms with van der Waals surface area (Å²) in [6, 6.07) is 87.7. The van der Waals surface area contributed by atoms with Crippen LogP contribution in [-0.2, 0) is 78.6 Å². The molecule has 0 saturated heterocycles. The number of halogens is 7. The standard InChI is InChI=1S/C51H54F3N5O6.C34H35NO3.C12H14F3N3.CH3F.CO2/c1-48(2,3)65-47(63)55-33-34-59(35-37-25-29-42(30-26-37)50(57-58-50)51(52,53)54)46(62)38-27-31-43(32-28-38)56-45(61)24-16-5-4-15-23-44(60)36-64-49(39-17-9-6-10-18-39,40-19-11-7-12-20-40)41-21-13-8-14-22-41;36-32(25-15-1-2-16-26-33(37)35-31-23-13-6-14-24-31)27-38-34(28-17-7-3-8-18-28,29-19-9-4-10-20-29)30-21-11-5-12-22-30;1-2-7-16-8-9-3-5-10(6-4-9)11(17-18-11)12(13,14)15;1-2;2-1-3/h6-14,17-22,25-32H,4-5,15-16,23-24,33-36H2,1-3H3,(H,55,63)(H,56,61);3-14,17-24H,1-2,15-16,25-27H2,(H,35,37);3-6,16H,2,7-8H2,1H3;1H3;/i;;;1D;. The highest BCUT2D eigenvalue weighted by Crippen LogP contribution is 2.54. The highest BCUT2D eigenvalue weighted by molar-refractivity contribution is 5.96. The number of nitrogens with one attached hydrogen (secondary N) is 4. The van der Waals surface area contributed by atoms with Gasteiger partial charge in [0, 0.05) is 79.9 Å². The molecule has 0 spiro atoms. The number of nitrogens with zero attached hydrogens (tertiary/aromatic N) is 5. The molecule has 2 heterocycles. The van der Waals surface area contributed by atoms with Crippen LogP contribution in [0, 0.1) is 0 Å². The molecule has 27 heteroatoms. The van der Waals surface area contributed by atoms with E-state index in [0.717, 1.165) is 96.1 Å². The molecule has 126 heavy (non-hydrogen) atoms. The molecular weight excluding hydrogens is 1620 g/mol. The first kappa shape index (κ1) is 97.0. The Labute approximate surface area is 731 Å². The van der Waals surface area contributed by atoms with E-state index in [1.165, 1.54) is 41.3 Å². The molecule has 0 radical (unpaired) electrons. The van der Waals surface area contributed by atoms with Gasteiger partial charge in [0.15, 0.2) is 11.6 Å². The van der Waals surface area contributed by atoms with Crippen molar-refractivity contribution < 1.29 is 84.7 Å². The summed E-state index contributed by atoms with van der Waals surface area (Å²) in [6.07, 6.45) is -0.693. The van der Waals surface area contributed by atoms with Gasteiger partial charge in [0.1, 0.15) is 30.0 Å². The number of alkyl halides is 7. The number of hydrogen-bond acceptors (Lipinski definition) is 16. The van der Waals surface area contributed by atoms with Crippen molar-refractivity contribution in [2.45, 2.75) is 165 Å². The molecule has 0 bridgehead atoms. The second-order valence-corrected chi connectivity index (χ2v) is 30.6. The number of anilines is 2. The number of amides is 4. The molecule has 4 amide bonds. The minimum absolute atomic E-state index is 0.00407. The Morgan fingerprint density at radius 3 is 1.06 bits per heavy atom. The Bertz CT molecular complexity index is 4920. The Kier molecular flexibility index (Phi) is 37.7. The van der Waals surface area contributed by atoms with Crippen molar-refractivity contribution in [2.24, 2.45) is 20.5 Å². The maximum absolute atomic E-state index is 13.8. The summed E-state index contributed by atoms with van der Waals surface area (Å²) in [7, 11) is -1.00. The average molecular weight is 1730 g/mol. The average Bonchev–Trinajstić information content (AvgIpc) is 1.61. The molecule has 0 aromatic heterocycles. The van der Waals surface area contributed by atoms with Gasteiger partial charge < -0.3 is 40.4 Å². The zero-order chi connectivity index (χ0) is 91.6. The van der Waals surface area contributed by atoms with Crippen molar-refractivity contribution in [1.29, 1.82) is 0 Å². The molecule has 0 atom stereocenters. The molecule has 12 rings (SSSR count). The third-order valence-corrected chi connectivity index (χ3v) is 20.2. The molecular formula is C99H106F7N9O11. The van der Waals surface area contributed by atoms with Crippen LogP contribution in [0.15, 0.2) is 306 Å². The van der Waals surface area contributed by atoms with Gasteiger partial charge in [-0.15, -0.1) is 20.5 Å². The second kappa shape index (κ2) is 49.0. The first-order chi connectivity index (χ1) is 61.1. The monoisotopic (exact) mass is 1730 g/mol. The van der Waals surface area contributed by atoms with Crippen molar-refractivity contribution in [2.75, 3.05) is 50.6 Å². The normalized spacial score (nSPS) is 12.8. The number of Topliss-reactive ketones (excluding diaryl/α,β-unsaturated/α-hetero) is 2. The van der Waals surface area contributed by atoms with Crippen LogP contribution in [0.5, 0.6) is 0 Å². The molecule has 0 fully saturated rings. The summed E-state index contributed by atoms with van der Waals surface area (Å²) in [6.45, 7) is 8.87. The van der Waals surface area contributed by atoms with Gasteiger partial charge in [-0.1, -0.05) is 281 Å². The molecule has 10 aromatic carbocycles. The molecule has 20 nitrogen and oxygen atoms in total. The number of hydrogen-bond donors (Lipinski definition) is 4. The van der Waals surface area contributed by atoms with Crippen molar-refractivity contribution in [3.63, 3.8) is 0 Å². The van der Waals surface area contributed by atoms with E-state index in [-0.39, 0.29) is 79.9 Å². The van der Waals surface area contributed by atoms with E-state index >= 15 is 0 Å². The van der Waals surface area contributed by atoms with E-state index in [1.807, 2.05) is 176 Å². The van der Waals surface area contributed by atoms with Crippen molar-refractivity contribution in [1.82, 2.24) is 15.5 Å². The lowest BCUT2D eigenvalue weighted by Gasteiger charge is -2.35. The Morgan fingerprint density at radius 1 is 0.429 bits per heavy atom. The number of para-hydroxylation sites is 1. The Morgan fingerprint density at radius 2 is 0.746 bits per heavy atom. The van der Waals surface area contributed by atoms with E-state index in [0.29, 0.717) is 55.5 Å². The fourth-order valence-corrected chi connectivity index (χ4v) is 13.9. The number of ketones is 2. The summed E-state index contributed by atoms with van der Waals surface area (Å²) < 4.78 is 113. The topological polar surface area (TPSA) is 265 Å². The predicted octanol–water partition coefficient (Wildman–Crippen LogP) is 21.8. The highest BCUT2D eigenvalue weighted by atomic mass is 19.4. The van der Waals surface area contributed by atoms with Gasteiger partial charge in [-0.2, -0.15) is 35.9 Å². The molecule has 4 N–H and O–H groups in total. The number of carbonyl (C=O) groups is 6. The minimum Gasteiger partial charge on any atom is -0.444 e. The molecule has 662 valence electrons. The van der Waals surface area contributed by atoms with Crippen LogP contribution >= 0.6 is 0 Å². The molecule has 0 unspecified atom stereocenters. The summed E-state index contributed by atoms with van der Waals surface area (Å²) in [5.41, 5.74) is 1.36.